The molecule has 0 bridgehead atoms. The summed E-state index contributed by atoms with van der Waals surface area (Å²) in [5, 5.41) is 2.59. The maximum Gasteiger partial charge on any atom is 0.251 e. The molecule has 2 aromatic rings. The first-order valence-electron chi connectivity index (χ1n) is 6.43. The minimum absolute atomic E-state index is 0.0280. The molecule has 0 atom stereocenters. The lowest BCUT2D eigenvalue weighted by molar-refractivity contribution is -0.116. The number of hydrogen-bond acceptors (Lipinski definition) is 2. The van der Waals surface area contributed by atoms with Crippen LogP contribution in [0.5, 0.6) is 0 Å². The van der Waals surface area contributed by atoms with Crippen LogP contribution in [0.2, 0.25) is 0 Å². The molecule has 3 rings (SSSR count). The number of carbonyl (C=O) groups is 2. The van der Waals surface area contributed by atoms with Gasteiger partial charge in [-0.1, -0.05) is 24.3 Å². The van der Waals surface area contributed by atoms with E-state index in [0.717, 1.165) is 16.9 Å². The number of fused-ring (bicyclic) bond motifs is 1. The third-order valence-corrected chi connectivity index (χ3v) is 3.42. The van der Waals surface area contributed by atoms with Crippen LogP contribution in [0.25, 0.3) is 0 Å². The summed E-state index contributed by atoms with van der Waals surface area (Å²) in [5.74, 6) is -0.132. The number of amides is 2. The van der Waals surface area contributed by atoms with Gasteiger partial charge >= 0.3 is 0 Å². The first-order chi connectivity index (χ1) is 9.70. The predicted molar refractivity (Wildman–Crippen MR) is 77.1 cm³/mol. The Morgan fingerprint density at radius 3 is 2.75 bits per heavy atom. The maximum atomic E-state index is 12.2. The maximum absolute atomic E-state index is 12.2. The van der Waals surface area contributed by atoms with Crippen LogP contribution in [0.15, 0.2) is 48.5 Å². The highest BCUT2D eigenvalue weighted by Gasteiger charge is 2.28. The molecule has 0 spiro atoms. The summed E-state index contributed by atoms with van der Waals surface area (Å²) in [6.07, 6.45) is 0.403. The summed E-state index contributed by atoms with van der Waals surface area (Å²) in [4.78, 5) is 25.6. The third-order valence-electron chi connectivity index (χ3n) is 3.42. The third kappa shape index (κ3) is 1.95. The van der Waals surface area contributed by atoms with E-state index in [1.807, 2.05) is 30.3 Å². The SMILES string of the molecule is CNC(=O)c1cccc(N2C(=O)Cc3ccccc32)c1. The van der Waals surface area contributed by atoms with Gasteiger partial charge in [-0.05, 0) is 29.8 Å². The van der Waals surface area contributed by atoms with Gasteiger partial charge in [-0.2, -0.15) is 0 Å². The van der Waals surface area contributed by atoms with E-state index in [9.17, 15) is 9.59 Å². The zero-order valence-corrected chi connectivity index (χ0v) is 11.1. The van der Waals surface area contributed by atoms with Crippen molar-refractivity contribution in [1.82, 2.24) is 5.32 Å². The molecule has 0 unspecified atom stereocenters. The van der Waals surface area contributed by atoms with Crippen molar-refractivity contribution in [3.8, 4) is 0 Å². The van der Waals surface area contributed by atoms with Crippen molar-refractivity contribution in [3.05, 3.63) is 59.7 Å². The number of para-hydroxylation sites is 1. The van der Waals surface area contributed by atoms with E-state index in [2.05, 4.69) is 5.32 Å². The summed E-state index contributed by atoms with van der Waals surface area (Å²) in [5.41, 5.74) is 3.18. The second-order valence-electron chi connectivity index (χ2n) is 4.66. The zero-order chi connectivity index (χ0) is 14.1. The van der Waals surface area contributed by atoms with Gasteiger partial charge in [-0.25, -0.2) is 0 Å². The van der Waals surface area contributed by atoms with Gasteiger partial charge in [0.25, 0.3) is 5.91 Å². The van der Waals surface area contributed by atoms with Gasteiger partial charge in [0, 0.05) is 18.3 Å². The largest absolute Gasteiger partial charge is 0.355 e. The van der Waals surface area contributed by atoms with Gasteiger partial charge in [-0.15, -0.1) is 0 Å². The molecule has 2 amide bonds. The lowest BCUT2D eigenvalue weighted by Gasteiger charge is -2.18. The molecule has 0 aromatic heterocycles. The Morgan fingerprint density at radius 2 is 1.95 bits per heavy atom. The van der Waals surface area contributed by atoms with Gasteiger partial charge in [0.15, 0.2) is 0 Å². The molecule has 0 saturated carbocycles. The minimum atomic E-state index is -0.160. The highest BCUT2D eigenvalue weighted by molar-refractivity contribution is 6.08. The van der Waals surface area contributed by atoms with E-state index in [-0.39, 0.29) is 11.8 Å². The first kappa shape index (κ1) is 12.4. The molecular weight excluding hydrogens is 252 g/mol. The second kappa shape index (κ2) is 4.81. The molecule has 1 aliphatic heterocycles. The van der Waals surface area contributed by atoms with E-state index < -0.39 is 0 Å². The van der Waals surface area contributed by atoms with Crippen LogP contribution in [-0.4, -0.2) is 18.9 Å². The molecule has 0 aliphatic carbocycles. The fourth-order valence-corrected chi connectivity index (χ4v) is 2.47. The zero-order valence-electron chi connectivity index (χ0n) is 11.1. The molecule has 4 heteroatoms. The molecule has 1 aliphatic rings. The van der Waals surface area contributed by atoms with Crippen molar-refractivity contribution < 1.29 is 9.59 Å². The first-order valence-corrected chi connectivity index (χ1v) is 6.43. The van der Waals surface area contributed by atoms with Crippen LogP contribution < -0.4 is 10.2 Å². The Bertz CT molecular complexity index is 694. The summed E-state index contributed by atoms with van der Waals surface area (Å²) in [7, 11) is 1.59. The quantitative estimate of drug-likeness (QED) is 0.906. The highest BCUT2D eigenvalue weighted by atomic mass is 16.2. The molecule has 0 saturated heterocycles. The van der Waals surface area contributed by atoms with Crippen LogP contribution in [0.4, 0.5) is 11.4 Å². The monoisotopic (exact) mass is 266 g/mol. The van der Waals surface area contributed by atoms with Crippen molar-refractivity contribution >= 4 is 23.2 Å². The Labute approximate surface area is 117 Å². The van der Waals surface area contributed by atoms with E-state index in [1.54, 1.807) is 30.1 Å². The van der Waals surface area contributed by atoms with Gasteiger partial charge in [-0.3, -0.25) is 14.5 Å². The van der Waals surface area contributed by atoms with Crippen LogP contribution in [-0.2, 0) is 11.2 Å². The van der Waals surface area contributed by atoms with Crippen LogP contribution in [0.1, 0.15) is 15.9 Å². The topological polar surface area (TPSA) is 49.4 Å². The second-order valence-corrected chi connectivity index (χ2v) is 4.66. The van der Waals surface area contributed by atoms with Crippen LogP contribution in [0.3, 0.4) is 0 Å². The standard InChI is InChI=1S/C16H14N2O2/c1-17-16(20)12-6-4-7-13(9-12)18-14-8-3-2-5-11(14)10-15(18)19/h2-9H,10H2,1H3,(H,17,20). The van der Waals surface area contributed by atoms with Crippen molar-refractivity contribution in [2.45, 2.75) is 6.42 Å². The molecule has 2 aromatic carbocycles. The average Bonchev–Trinajstić information content (AvgIpc) is 2.82. The summed E-state index contributed by atoms with van der Waals surface area (Å²) >= 11 is 0. The van der Waals surface area contributed by atoms with E-state index >= 15 is 0 Å². The lowest BCUT2D eigenvalue weighted by Crippen LogP contribution is -2.22. The van der Waals surface area contributed by atoms with Crippen molar-refractivity contribution in [2.75, 3.05) is 11.9 Å². The van der Waals surface area contributed by atoms with Gasteiger partial charge in [0.1, 0.15) is 0 Å². The number of benzene rings is 2. The number of nitrogens with zero attached hydrogens (tertiary/aromatic N) is 1. The molecule has 1 heterocycles. The normalized spacial score (nSPS) is 13.2. The number of nitrogens with one attached hydrogen (secondary N) is 1. The van der Waals surface area contributed by atoms with E-state index in [4.69, 9.17) is 0 Å². The Balaban J connectivity index is 2.05. The van der Waals surface area contributed by atoms with Crippen molar-refractivity contribution in [1.29, 1.82) is 0 Å². The lowest BCUT2D eigenvalue weighted by atomic mass is 10.1. The molecule has 20 heavy (non-hydrogen) atoms. The Morgan fingerprint density at radius 1 is 1.15 bits per heavy atom. The van der Waals surface area contributed by atoms with Gasteiger partial charge < -0.3 is 5.32 Å². The summed E-state index contributed by atoms with van der Waals surface area (Å²) in [6.45, 7) is 0. The number of anilines is 2. The van der Waals surface area contributed by atoms with Crippen molar-refractivity contribution in [2.24, 2.45) is 0 Å². The molecule has 100 valence electrons. The summed E-state index contributed by atoms with van der Waals surface area (Å²) in [6, 6.07) is 14.8. The van der Waals surface area contributed by atoms with E-state index in [0.29, 0.717) is 12.0 Å². The Hall–Kier alpha value is -2.62. The Kier molecular flexibility index (Phi) is 2.99. The highest BCUT2D eigenvalue weighted by Crippen LogP contribution is 2.35. The van der Waals surface area contributed by atoms with Gasteiger partial charge in [0.2, 0.25) is 5.91 Å². The molecule has 0 radical (unpaired) electrons. The van der Waals surface area contributed by atoms with Crippen LogP contribution >= 0.6 is 0 Å². The van der Waals surface area contributed by atoms with E-state index in [1.165, 1.54) is 0 Å². The van der Waals surface area contributed by atoms with Crippen LogP contribution in [0, 0.1) is 0 Å². The number of hydrogen-bond donors (Lipinski definition) is 1. The molecule has 1 N–H and O–H groups in total. The molecule has 4 nitrogen and oxygen atoms in total. The number of carbonyl (C=O) groups excluding carboxylic acids is 2. The average molecular weight is 266 g/mol. The number of rotatable bonds is 2. The predicted octanol–water partition coefficient (Wildman–Crippen LogP) is 2.27. The minimum Gasteiger partial charge on any atom is -0.355 e. The molecular formula is C16H14N2O2. The fraction of sp³-hybridized carbons (Fsp3) is 0.125. The van der Waals surface area contributed by atoms with Crippen molar-refractivity contribution in [3.63, 3.8) is 0 Å². The fourth-order valence-electron chi connectivity index (χ4n) is 2.47. The summed E-state index contributed by atoms with van der Waals surface area (Å²) < 4.78 is 0. The van der Waals surface area contributed by atoms with Gasteiger partial charge in [0.05, 0.1) is 12.1 Å². The molecule has 0 fully saturated rings. The smallest absolute Gasteiger partial charge is 0.251 e.